The Balaban J connectivity index is 1.52. The summed E-state index contributed by atoms with van der Waals surface area (Å²) in [6, 6.07) is 0.771. The number of carbonyl (C=O) groups is 5. The van der Waals surface area contributed by atoms with Crippen LogP contribution < -0.4 is 10.6 Å². The second-order valence-corrected chi connectivity index (χ2v) is 7.90. The molecule has 0 aliphatic carbocycles. The van der Waals surface area contributed by atoms with Gasteiger partial charge in [0.25, 0.3) is 11.8 Å². The van der Waals surface area contributed by atoms with Crippen LogP contribution in [0.5, 0.6) is 0 Å². The Labute approximate surface area is 176 Å². The Morgan fingerprint density at radius 3 is 2.17 bits per heavy atom. The van der Waals surface area contributed by atoms with E-state index in [4.69, 9.17) is 4.84 Å². The molecule has 10 heteroatoms. The zero-order valence-corrected chi connectivity index (χ0v) is 17.8. The van der Waals surface area contributed by atoms with Crippen molar-refractivity contribution >= 4 is 29.6 Å². The fourth-order valence-electron chi connectivity index (χ4n) is 3.68. The van der Waals surface area contributed by atoms with Crippen molar-refractivity contribution in [2.75, 3.05) is 19.6 Å². The first-order valence-electron chi connectivity index (χ1n) is 10.6. The number of rotatable bonds is 10. The fraction of sp³-hybridized carbons (Fsp3) is 0.750. The minimum Gasteiger partial charge on any atom is -0.356 e. The number of carbonyl (C=O) groups excluding carboxylic acids is 5. The number of piperidine rings is 1. The highest BCUT2D eigenvalue weighted by Crippen LogP contribution is 2.21. The average molecular weight is 424 g/mol. The summed E-state index contributed by atoms with van der Waals surface area (Å²) in [5.41, 5.74) is 0. The highest BCUT2D eigenvalue weighted by Gasteiger charge is 2.32. The van der Waals surface area contributed by atoms with Crippen molar-refractivity contribution in [1.82, 2.24) is 20.6 Å². The van der Waals surface area contributed by atoms with Crippen molar-refractivity contribution in [3.63, 3.8) is 0 Å². The third kappa shape index (κ3) is 7.40. The van der Waals surface area contributed by atoms with Crippen LogP contribution in [0.4, 0.5) is 0 Å². The summed E-state index contributed by atoms with van der Waals surface area (Å²) in [5, 5.41) is 5.95. The summed E-state index contributed by atoms with van der Waals surface area (Å²) >= 11 is 0. The summed E-state index contributed by atoms with van der Waals surface area (Å²) in [4.78, 5) is 65.3. The van der Waals surface area contributed by atoms with E-state index in [1.807, 2.05) is 0 Å². The van der Waals surface area contributed by atoms with Crippen LogP contribution in [0.3, 0.4) is 0 Å². The number of nitrogens with one attached hydrogen (secondary N) is 2. The molecule has 2 aliphatic heterocycles. The normalized spacial score (nSPS) is 22.1. The van der Waals surface area contributed by atoms with Gasteiger partial charge in [0.1, 0.15) is 0 Å². The Morgan fingerprint density at radius 1 is 0.933 bits per heavy atom. The molecular weight excluding hydrogens is 392 g/mol. The van der Waals surface area contributed by atoms with Crippen LogP contribution in [0.25, 0.3) is 0 Å². The van der Waals surface area contributed by atoms with Crippen molar-refractivity contribution in [2.24, 2.45) is 0 Å². The van der Waals surface area contributed by atoms with E-state index >= 15 is 0 Å². The van der Waals surface area contributed by atoms with Gasteiger partial charge < -0.3 is 15.5 Å². The molecule has 0 saturated carbocycles. The fourth-order valence-corrected chi connectivity index (χ4v) is 3.68. The maximum atomic E-state index is 12.1. The molecule has 0 aromatic heterocycles. The van der Waals surface area contributed by atoms with Crippen LogP contribution >= 0.6 is 0 Å². The number of hydrogen-bond donors (Lipinski definition) is 2. The van der Waals surface area contributed by atoms with E-state index in [1.165, 1.54) is 6.42 Å². The summed E-state index contributed by atoms with van der Waals surface area (Å²) in [5.74, 6) is -2.05. The topological polar surface area (TPSA) is 125 Å². The number of hydrogen-bond acceptors (Lipinski definition) is 7. The molecule has 0 aromatic rings. The standard InChI is InChI=1S/C20H32N4O6/c1-14-5-3-6-15(2)23(14)13-17(26)22-12-10-16(25)21-11-4-7-20(29)30-24-18(27)8-9-19(24)28/h14-15H,3-13H2,1-2H3,(H,21,25)(H,22,26). The smallest absolute Gasteiger partial charge is 0.333 e. The second-order valence-electron chi connectivity index (χ2n) is 7.90. The van der Waals surface area contributed by atoms with Crippen molar-refractivity contribution < 1.29 is 28.8 Å². The molecule has 4 amide bonds. The molecule has 2 saturated heterocycles. The molecule has 2 aliphatic rings. The summed E-state index contributed by atoms with van der Waals surface area (Å²) in [6.07, 6.45) is 3.92. The van der Waals surface area contributed by atoms with Gasteiger partial charge in [-0.1, -0.05) is 6.42 Å². The van der Waals surface area contributed by atoms with E-state index in [0.717, 1.165) is 12.8 Å². The van der Waals surface area contributed by atoms with Gasteiger partial charge >= 0.3 is 5.97 Å². The molecule has 2 fully saturated rings. The summed E-state index contributed by atoms with van der Waals surface area (Å²) in [6.45, 7) is 5.11. The van der Waals surface area contributed by atoms with Crippen LogP contribution in [0, 0.1) is 0 Å². The monoisotopic (exact) mass is 424 g/mol. The SMILES string of the molecule is CC1CCCC(C)N1CC(=O)NCCC(=O)NCCCC(=O)ON1C(=O)CCC1=O. The Bertz CT molecular complexity index is 642. The van der Waals surface area contributed by atoms with E-state index in [-0.39, 0.29) is 50.6 Å². The average Bonchev–Trinajstić information content (AvgIpc) is 3.00. The van der Waals surface area contributed by atoms with Crippen LogP contribution in [0.15, 0.2) is 0 Å². The molecule has 2 N–H and O–H groups in total. The zero-order valence-electron chi connectivity index (χ0n) is 17.8. The maximum absolute atomic E-state index is 12.1. The third-order valence-corrected chi connectivity index (χ3v) is 5.46. The highest BCUT2D eigenvalue weighted by atomic mass is 16.7. The Hall–Kier alpha value is -2.49. The van der Waals surface area contributed by atoms with Gasteiger partial charge in [-0.2, -0.15) is 0 Å². The van der Waals surface area contributed by atoms with Gasteiger partial charge in [0.05, 0.1) is 6.54 Å². The van der Waals surface area contributed by atoms with Crippen LogP contribution in [-0.4, -0.2) is 71.3 Å². The van der Waals surface area contributed by atoms with Crippen molar-refractivity contribution in [3.05, 3.63) is 0 Å². The first-order chi connectivity index (χ1) is 14.3. The molecule has 2 rings (SSSR count). The lowest BCUT2D eigenvalue weighted by Gasteiger charge is -2.38. The van der Waals surface area contributed by atoms with Gasteiger partial charge in [0.2, 0.25) is 11.8 Å². The molecule has 2 atom stereocenters. The molecule has 10 nitrogen and oxygen atoms in total. The van der Waals surface area contributed by atoms with Crippen molar-refractivity contribution in [2.45, 2.75) is 77.3 Å². The number of amides is 4. The summed E-state index contributed by atoms with van der Waals surface area (Å²) < 4.78 is 0. The zero-order chi connectivity index (χ0) is 22.1. The molecule has 0 bridgehead atoms. The van der Waals surface area contributed by atoms with Gasteiger partial charge in [-0.05, 0) is 33.1 Å². The van der Waals surface area contributed by atoms with Gasteiger partial charge in [0.15, 0.2) is 0 Å². The third-order valence-electron chi connectivity index (χ3n) is 5.46. The molecule has 2 unspecified atom stereocenters. The van der Waals surface area contributed by atoms with Gasteiger partial charge in [-0.25, -0.2) is 4.79 Å². The molecule has 0 spiro atoms. The van der Waals surface area contributed by atoms with Crippen LogP contribution in [0.2, 0.25) is 0 Å². The van der Waals surface area contributed by atoms with Gasteiger partial charge in [0, 0.05) is 50.9 Å². The van der Waals surface area contributed by atoms with Crippen molar-refractivity contribution in [1.29, 1.82) is 0 Å². The van der Waals surface area contributed by atoms with Gasteiger partial charge in [-0.15, -0.1) is 5.06 Å². The van der Waals surface area contributed by atoms with Gasteiger partial charge in [-0.3, -0.25) is 24.1 Å². The lowest BCUT2D eigenvalue weighted by atomic mass is 9.97. The van der Waals surface area contributed by atoms with E-state index in [1.54, 1.807) is 0 Å². The number of imide groups is 1. The quantitative estimate of drug-likeness (QED) is 0.381. The van der Waals surface area contributed by atoms with E-state index < -0.39 is 17.8 Å². The Kier molecular flexibility index (Phi) is 9.22. The van der Waals surface area contributed by atoms with E-state index in [2.05, 4.69) is 29.4 Å². The first-order valence-corrected chi connectivity index (χ1v) is 10.6. The number of nitrogens with zero attached hydrogens (tertiary/aromatic N) is 2. The molecule has 30 heavy (non-hydrogen) atoms. The Morgan fingerprint density at radius 2 is 1.53 bits per heavy atom. The molecular formula is C20H32N4O6. The number of hydroxylamine groups is 2. The van der Waals surface area contributed by atoms with Crippen LogP contribution in [0.1, 0.15) is 65.2 Å². The predicted octanol–water partition coefficient (Wildman–Crippen LogP) is 0.259. The molecule has 2 heterocycles. The predicted molar refractivity (Wildman–Crippen MR) is 107 cm³/mol. The molecule has 168 valence electrons. The van der Waals surface area contributed by atoms with E-state index in [9.17, 15) is 24.0 Å². The second kappa shape index (κ2) is 11.6. The maximum Gasteiger partial charge on any atom is 0.333 e. The first kappa shape index (κ1) is 23.8. The van der Waals surface area contributed by atoms with Crippen molar-refractivity contribution in [3.8, 4) is 0 Å². The minimum absolute atomic E-state index is 0.0275. The highest BCUT2D eigenvalue weighted by molar-refractivity contribution is 6.01. The van der Waals surface area contributed by atoms with Crippen LogP contribution in [-0.2, 0) is 28.8 Å². The largest absolute Gasteiger partial charge is 0.356 e. The molecule has 0 aromatic carbocycles. The lowest BCUT2D eigenvalue weighted by molar-refractivity contribution is -0.197. The molecule has 0 radical (unpaired) electrons. The minimum atomic E-state index is -0.693. The van der Waals surface area contributed by atoms with E-state index in [0.29, 0.717) is 30.1 Å². The number of likely N-dealkylation sites (tertiary alicyclic amines) is 1. The summed E-state index contributed by atoms with van der Waals surface area (Å²) in [7, 11) is 0. The lowest BCUT2D eigenvalue weighted by Crippen LogP contribution is -2.49.